The van der Waals surface area contributed by atoms with E-state index in [1.807, 2.05) is 0 Å². The molecule has 18 heavy (non-hydrogen) atoms. The maximum Gasteiger partial charge on any atom is 0.181 e. The largest absolute Gasteiger partial charge is 0.464 e. The van der Waals surface area contributed by atoms with Crippen molar-refractivity contribution in [1.29, 1.82) is 0 Å². The Kier molecular flexibility index (Phi) is 2.90. The van der Waals surface area contributed by atoms with Gasteiger partial charge < -0.3 is 4.42 Å². The smallest absolute Gasteiger partial charge is 0.181 e. The van der Waals surface area contributed by atoms with Gasteiger partial charge in [0, 0.05) is 5.39 Å². The zero-order valence-corrected chi connectivity index (χ0v) is 10.9. The van der Waals surface area contributed by atoms with E-state index in [2.05, 4.69) is 0 Å². The highest BCUT2D eigenvalue weighted by molar-refractivity contribution is 7.92. The van der Waals surface area contributed by atoms with Crippen LogP contribution in [-0.4, -0.2) is 13.7 Å². The molecule has 0 bridgehead atoms. The van der Waals surface area contributed by atoms with Crippen LogP contribution in [0.5, 0.6) is 0 Å². The third kappa shape index (κ3) is 1.94. The Labute approximate surface area is 107 Å². The van der Waals surface area contributed by atoms with E-state index in [1.54, 1.807) is 30.5 Å². The number of benzene rings is 1. The molecule has 1 heterocycles. The van der Waals surface area contributed by atoms with Gasteiger partial charge in [0.2, 0.25) is 0 Å². The van der Waals surface area contributed by atoms with Crippen LogP contribution in [0.3, 0.4) is 0 Å². The standard InChI is InChI=1S/C14H16O3S/c15-18(16,12-4-2-1-3-5-12)13-6-7-14-11(10-13)8-9-17-14/h6-10,12H,1-5H2. The van der Waals surface area contributed by atoms with Gasteiger partial charge >= 0.3 is 0 Å². The Morgan fingerprint density at radius 2 is 1.83 bits per heavy atom. The van der Waals surface area contributed by atoms with Crippen LogP contribution in [0.1, 0.15) is 32.1 Å². The number of rotatable bonds is 2. The van der Waals surface area contributed by atoms with E-state index in [4.69, 9.17) is 4.42 Å². The van der Waals surface area contributed by atoms with E-state index >= 15 is 0 Å². The van der Waals surface area contributed by atoms with Gasteiger partial charge in [0.05, 0.1) is 16.4 Å². The van der Waals surface area contributed by atoms with Crippen LogP contribution in [0.4, 0.5) is 0 Å². The van der Waals surface area contributed by atoms with Crippen molar-refractivity contribution in [2.24, 2.45) is 0 Å². The molecule has 0 spiro atoms. The minimum absolute atomic E-state index is 0.199. The molecule has 0 unspecified atom stereocenters. The van der Waals surface area contributed by atoms with E-state index in [0.29, 0.717) is 4.90 Å². The molecular formula is C14H16O3S. The van der Waals surface area contributed by atoms with Gasteiger partial charge in [0.15, 0.2) is 9.84 Å². The van der Waals surface area contributed by atoms with Gasteiger partial charge in [-0.3, -0.25) is 0 Å². The first-order valence-electron chi connectivity index (χ1n) is 6.39. The molecular weight excluding hydrogens is 248 g/mol. The van der Waals surface area contributed by atoms with Crippen molar-refractivity contribution in [3.63, 3.8) is 0 Å². The second-order valence-electron chi connectivity index (χ2n) is 4.93. The zero-order chi connectivity index (χ0) is 12.6. The maximum absolute atomic E-state index is 12.5. The molecule has 1 aliphatic rings. The molecule has 3 nitrogen and oxygen atoms in total. The highest BCUT2D eigenvalue weighted by Crippen LogP contribution is 2.30. The van der Waals surface area contributed by atoms with Crippen molar-refractivity contribution in [2.45, 2.75) is 42.2 Å². The molecule has 4 heteroatoms. The summed E-state index contributed by atoms with van der Waals surface area (Å²) in [5, 5.41) is 0.655. The Balaban J connectivity index is 2.01. The van der Waals surface area contributed by atoms with E-state index < -0.39 is 9.84 Å². The molecule has 1 saturated carbocycles. The molecule has 96 valence electrons. The highest BCUT2D eigenvalue weighted by atomic mass is 32.2. The molecule has 0 saturated heterocycles. The summed E-state index contributed by atoms with van der Waals surface area (Å²) in [5.74, 6) is 0. The predicted octanol–water partition coefficient (Wildman–Crippen LogP) is 3.54. The summed E-state index contributed by atoms with van der Waals surface area (Å²) in [5.41, 5.74) is 0.734. The molecule has 0 N–H and O–H groups in total. The summed E-state index contributed by atoms with van der Waals surface area (Å²) >= 11 is 0. The minimum atomic E-state index is -3.17. The van der Waals surface area contributed by atoms with Gasteiger partial charge in [-0.25, -0.2) is 8.42 Å². The van der Waals surface area contributed by atoms with Crippen LogP contribution in [0.2, 0.25) is 0 Å². The first kappa shape index (κ1) is 11.8. The Hall–Kier alpha value is -1.29. The summed E-state index contributed by atoms with van der Waals surface area (Å²) < 4.78 is 30.3. The van der Waals surface area contributed by atoms with Gasteiger partial charge in [-0.05, 0) is 37.1 Å². The Morgan fingerprint density at radius 1 is 1.06 bits per heavy atom. The molecule has 0 amide bonds. The average molecular weight is 264 g/mol. The van der Waals surface area contributed by atoms with Crippen LogP contribution in [0.15, 0.2) is 39.8 Å². The summed E-state index contributed by atoms with van der Waals surface area (Å²) in [4.78, 5) is 0.434. The molecule has 1 aromatic heterocycles. The molecule has 0 atom stereocenters. The minimum Gasteiger partial charge on any atom is -0.464 e. The lowest BCUT2D eigenvalue weighted by molar-refractivity contribution is 0.483. The third-order valence-electron chi connectivity index (χ3n) is 3.74. The lowest BCUT2D eigenvalue weighted by atomic mass is 10.0. The molecule has 1 aliphatic carbocycles. The average Bonchev–Trinajstić information content (AvgIpc) is 2.87. The molecule has 1 aromatic carbocycles. The Bertz CT molecular complexity index is 648. The van der Waals surface area contributed by atoms with E-state index in [0.717, 1.165) is 43.1 Å². The van der Waals surface area contributed by atoms with Gasteiger partial charge in [-0.15, -0.1) is 0 Å². The fourth-order valence-electron chi connectivity index (χ4n) is 2.69. The van der Waals surface area contributed by atoms with Crippen molar-refractivity contribution in [3.05, 3.63) is 30.5 Å². The van der Waals surface area contributed by atoms with Crippen LogP contribution < -0.4 is 0 Å². The number of sulfone groups is 1. The van der Waals surface area contributed by atoms with Gasteiger partial charge in [0.25, 0.3) is 0 Å². The fraction of sp³-hybridized carbons (Fsp3) is 0.429. The number of fused-ring (bicyclic) bond motifs is 1. The van der Waals surface area contributed by atoms with Gasteiger partial charge in [-0.1, -0.05) is 19.3 Å². The molecule has 1 fully saturated rings. The number of furan rings is 1. The first-order valence-corrected chi connectivity index (χ1v) is 7.94. The van der Waals surface area contributed by atoms with Crippen LogP contribution >= 0.6 is 0 Å². The van der Waals surface area contributed by atoms with E-state index in [1.165, 1.54) is 0 Å². The number of hydrogen-bond donors (Lipinski definition) is 0. The van der Waals surface area contributed by atoms with E-state index in [9.17, 15) is 8.42 Å². The molecule has 0 aliphatic heterocycles. The van der Waals surface area contributed by atoms with E-state index in [-0.39, 0.29) is 5.25 Å². The topological polar surface area (TPSA) is 47.3 Å². The monoisotopic (exact) mass is 264 g/mol. The lowest BCUT2D eigenvalue weighted by Gasteiger charge is -2.21. The van der Waals surface area contributed by atoms with Gasteiger partial charge in [0.1, 0.15) is 5.58 Å². The van der Waals surface area contributed by atoms with Crippen LogP contribution in [0.25, 0.3) is 11.0 Å². The molecule has 3 rings (SSSR count). The zero-order valence-electron chi connectivity index (χ0n) is 10.1. The molecule has 2 aromatic rings. The first-order chi connectivity index (χ1) is 8.68. The van der Waals surface area contributed by atoms with Crippen molar-refractivity contribution < 1.29 is 12.8 Å². The van der Waals surface area contributed by atoms with Crippen LogP contribution in [-0.2, 0) is 9.84 Å². The number of hydrogen-bond acceptors (Lipinski definition) is 3. The van der Waals surface area contributed by atoms with Crippen molar-refractivity contribution >= 4 is 20.8 Å². The van der Waals surface area contributed by atoms with Crippen molar-refractivity contribution in [2.75, 3.05) is 0 Å². The van der Waals surface area contributed by atoms with Crippen molar-refractivity contribution in [1.82, 2.24) is 0 Å². The Morgan fingerprint density at radius 3 is 2.61 bits per heavy atom. The van der Waals surface area contributed by atoms with Gasteiger partial charge in [-0.2, -0.15) is 0 Å². The predicted molar refractivity (Wildman–Crippen MR) is 70.3 cm³/mol. The maximum atomic E-state index is 12.5. The summed E-state index contributed by atoms with van der Waals surface area (Å²) in [7, 11) is -3.17. The summed E-state index contributed by atoms with van der Waals surface area (Å²) in [6.45, 7) is 0. The molecule has 0 radical (unpaired) electrons. The highest BCUT2D eigenvalue weighted by Gasteiger charge is 2.28. The SMILES string of the molecule is O=S(=O)(c1ccc2occc2c1)C1CCCCC1. The second-order valence-corrected chi connectivity index (χ2v) is 7.15. The normalized spacial score (nSPS) is 18.2. The second kappa shape index (κ2) is 4.43. The third-order valence-corrected chi connectivity index (χ3v) is 6.00. The summed E-state index contributed by atoms with van der Waals surface area (Å²) in [6.07, 6.45) is 6.39. The van der Waals surface area contributed by atoms with Crippen LogP contribution in [0, 0.1) is 0 Å². The fourth-order valence-corrected chi connectivity index (χ4v) is 4.58. The quantitative estimate of drug-likeness (QED) is 0.833. The lowest BCUT2D eigenvalue weighted by Crippen LogP contribution is -2.24. The van der Waals surface area contributed by atoms with Crippen molar-refractivity contribution in [3.8, 4) is 0 Å². The summed E-state index contributed by atoms with van der Waals surface area (Å²) in [6, 6.07) is 6.93.